The van der Waals surface area contributed by atoms with E-state index in [1.54, 1.807) is 26.4 Å². The standard InChI is InChI=1S/C26H26ClN3O3/c1-30(2)15-16-5-9-19(10-6-16)28-25(17-7-12-22(32-3)23(13-17)33-4)24-20-11-8-18(27)14-21(20)29-26(24)31/h5-14,24H,15H2,1-4H3,(H,29,31). The van der Waals surface area contributed by atoms with Gasteiger partial charge in [-0.3, -0.25) is 9.79 Å². The highest BCUT2D eigenvalue weighted by molar-refractivity contribution is 6.31. The summed E-state index contributed by atoms with van der Waals surface area (Å²) in [4.78, 5) is 20.2. The molecule has 170 valence electrons. The van der Waals surface area contributed by atoms with E-state index in [0.717, 1.165) is 23.4 Å². The molecule has 0 fully saturated rings. The van der Waals surface area contributed by atoms with Crippen LogP contribution in [-0.2, 0) is 11.3 Å². The average molecular weight is 464 g/mol. The van der Waals surface area contributed by atoms with Crippen LogP contribution in [0, 0.1) is 0 Å². The van der Waals surface area contributed by atoms with Crippen LogP contribution in [0.4, 0.5) is 11.4 Å². The maximum Gasteiger partial charge on any atom is 0.238 e. The van der Waals surface area contributed by atoms with Gasteiger partial charge in [-0.1, -0.05) is 29.8 Å². The number of anilines is 1. The third-order valence-corrected chi connectivity index (χ3v) is 5.72. The first kappa shape index (κ1) is 22.8. The number of hydrogen-bond donors (Lipinski definition) is 1. The highest BCUT2D eigenvalue weighted by Crippen LogP contribution is 2.39. The van der Waals surface area contributed by atoms with Crippen molar-refractivity contribution in [2.75, 3.05) is 33.6 Å². The molecule has 1 atom stereocenters. The predicted molar refractivity (Wildman–Crippen MR) is 132 cm³/mol. The summed E-state index contributed by atoms with van der Waals surface area (Å²) in [6.07, 6.45) is 0. The van der Waals surface area contributed by atoms with E-state index < -0.39 is 5.92 Å². The molecule has 0 radical (unpaired) electrons. The fraction of sp³-hybridized carbons (Fsp3) is 0.231. The van der Waals surface area contributed by atoms with E-state index >= 15 is 0 Å². The van der Waals surface area contributed by atoms with Crippen LogP contribution in [0.1, 0.15) is 22.6 Å². The van der Waals surface area contributed by atoms with Crippen LogP contribution in [0.2, 0.25) is 5.02 Å². The third-order valence-electron chi connectivity index (χ3n) is 5.48. The molecular formula is C26H26ClN3O3. The first-order valence-corrected chi connectivity index (χ1v) is 10.9. The number of methoxy groups -OCH3 is 2. The molecule has 0 saturated carbocycles. The lowest BCUT2D eigenvalue weighted by molar-refractivity contribution is -0.115. The fourth-order valence-corrected chi connectivity index (χ4v) is 4.15. The van der Waals surface area contributed by atoms with Crippen molar-refractivity contribution in [1.82, 2.24) is 4.90 Å². The van der Waals surface area contributed by atoms with Crippen molar-refractivity contribution in [3.63, 3.8) is 0 Å². The zero-order chi connectivity index (χ0) is 23.5. The summed E-state index contributed by atoms with van der Waals surface area (Å²) in [6.45, 7) is 0.839. The van der Waals surface area contributed by atoms with Crippen LogP contribution < -0.4 is 14.8 Å². The van der Waals surface area contributed by atoms with Crippen LogP contribution in [0.25, 0.3) is 0 Å². The number of halogens is 1. The molecule has 1 aliphatic rings. The SMILES string of the molecule is COc1ccc(C(=Nc2ccc(CN(C)C)cc2)C2C(=O)Nc3cc(Cl)ccc32)cc1OC. The van der Waals surface area contributed by atoms with E-state index in [9.17, 15) is 4.79 Å². The highest BCUT2D eigenvalue weighted by Gasteiger charge is 2.35. The van der Waals surface area contributed by atoms with Gasteiger partial charge >= 0.3 is 0 Å². The van der Waals surface area contributed by atoms with Gasteiger partial charge in [-0.15, -0.1) is 0 Å². The third kappa shape index (κ3) is 4.87. The van der Waals surface area contributed by atoms with Crippen LogP contribution in [0.5, 0.6) is 11.5 Å². The van der Waals surface area contributed by atoms with Crippen molar-refractivity contribution < 1.29 is 14.3 Å². The summed E-state index contributed by atoms with van der Waals surface area (Å²) < 4.78 is 10.9. The molecule has 1 heterocycles. The maximum absolute atomic E-state index is 13.1. The molecule has 3 aromatic rings. The van der Waals surface area contributed by atoms with Crippen molar-refractivity contribution in [1.29, 1.82) is 0 Å². The summed E-state index contributed by atoms with van der Waals surface area (Å²) >= 11 is 6.15. The maximum atomic E-state index is 13.1. The minimum absolute atomic E-state index is 0.148. The number of nitrogens with one attached hydrogen (secondary N) is 1. The number of hydrogen-bond acceptors (Lipinski definition) is 5. The second-order valence-corrected chi connectivity index (χ2v) is 8.56. The number of ether oxygens (including phenoxy) is 2. The second kappa shape index (κ2) is 9.65. The van der Waals surface area contributed by atoms with Crippen LogP contribution in [0.3, 0.4) is 0 Å². The summed E-state index contributed by atoms with van der Waals surface area (Å²) in [5, 5.41) is 3.51. The molecule has 0 bridgehead atoms. The van der Waals surface area contributed by atoms with Gasteiger partial charge in [0.15, 0.2) is 11.5 Å². The Morgan fingerprint density at radius 2 is 1.73 bits per heavy atom. The minimum Gasteiger partial charge on any atom is -0.493 e. The Morgan fingerprint density at radius 3 is 2.39 bits per heavy atom. The molecule has 33 heavy (non-hydrogen) atoms. The summed E-state index contributed by atoms with van der Waals surface area (Å²) in [5.74, 6) is 0.442. The Balaban J connectivity index is 1.83. The largest absolute Gasteiger partial charge is 0.493 e. The van der Waals surface area contributed by atoms with E-state index in [-0.39, 0.29) is 5.91 Å². The summed E-state index contributed by atoms with van der Waals surface area (Å²) in [6, 6.07) is 19.0. The Labute approximate surface area is 198 Å². The van der Waals surface area contributed by atoms with E-state index in [2.05, 4.69) is 10.2 Å². The molecule has 1 unspecified atom stereocenters. The summed E-state index contributed by atoms with van der Waals surface area (Å²) in [7, 11) is 7.24. The molecule has 0 aromatic heterocycles. The number of aliphatic imine (C=N–C) groups is 1. The van der Waals surface area contributed by atoms with Crippen molar-refractivity contribution in [3.05, 3.63) is 82.4 Å². The lowest BCUT2D eigenvalue weighted by atomic mass is 9.90. The molecule has 3 aromatic carbocycles. The molecule has 4 rings (SSSR count). The number of fused-ring (bicyclic) bond motifs is 1. The first-order chi connectivity index (χ1) is 15.9. The molecule has 7 heteroatoms. The van der Waals surface area contributed by atoms with Gasteiger partial charge in [0, 0.05) is 22.8 Å². The molecule has 1 amide bonds. The first-order valence-electron chi connectivity index (χ1n) is 10.5. The van der Waals surface area contributed by atoms with Gasteiger partial charge in [0.25, 0.3) is 0 Å². The Morgan fingerprint density at radius 1 is 1.00 bits per heavy atom. The van der Waals surface area contributed by atoms with Gasteiger partial charge in [-0.2, -0.15) is 0 Å². The fourth-order valence-electron chi connectivity index (χ4n) is 3.98. The van der Waals surface area contributed by atoms with Crippen LogP contribution in [-0.4, -0.2) is 44.8 Å². The van der Waals surface area contributed by atoms with Gasteiger partial charge < -0.3 is 19.7 Å². The van der Waals surface area contributed by atoms with Crippen molar-refractivity contribution in [3.8, 4) is 11.5 Å². The van der Waals surface area contributed by atoms with E-state index in [0.29, 0.717) is 27.9 Å². The van der Waals surface area contributed by atoms with Crippen LogP contribution in [0.15, 0.2) is 65.7 Å². The number of benzene rings is 3. The number of carbonyl (C=O) groups is 1. The Hall–Kier alpha value is -3.35. The molecule has 0 saturated heterocycles. The monoisotopic (exact) mass is 463 g/mol. The van der Waals surface area contributed by atoms with E-state index in [1.807, 2.05) is 62.6 Å². The lowest BCUT2D eigenvalue weighted by Crippen LogP contribution is -2.22. The Bertz CT molecular complexity index is 1210. The molecular weight excluding hydrogens is 438 g/mol. The van der Waals surface area contributed by atoms with Crippen molar-refractivity contribution in [2.45, 2.75) is 12.5 Å². The smallest absolute Gasteiger partial charge is 0.238 e. The van der Waals surface area contributed by atoms with Gasteiger partial charge in [-0.05, 0) is 67.7 Å². The minimum atomic E-state index is -0.586. The van der Waals surface area contributed by atoms with Gasteiger partial charge in [0.05, 0.1) is 25.6 Å². The van der Waals surface area contributed by atoms with Crippen molar-refractivity contribution in [2.24, 2.45) is 4.99 Å². The van der Waals surface area contributed by atoms with Gasteiger partial charge in [-0.25, -0.2) is 0 Å². The zero-order valence-electron chi connectivity index (χ0n) is 19.1. The predicted octanol–water partition coefficient (Wildman–Crippen LogP) is 5.28. The molecule has 1 aliphatic heterocycles. The van der Waals surface area contributed by atoms with E-state index in [1.165, 1.54) is 5.56 Å². The van der Waals surface area contributed by atoms with Crippen LogP contribution >= 0.6 is 11.6 Å². The summed E-state index contributed by atoms with van der Waals surface area (Å²) in [5.41, 5.74) is 4.87. The number of rotatable bonds is 7. The highest BCUT2D eigenvalue weighted by atomic mass is 35.5. The van der Waals surface area contributed by atoms with Gasteiger partial charge in [0.2, 0.25) is 5.91 Å². The molecule has 1 N–H and O–H groups in total. The lowest BCUT2D eigenvalue weighted by Gasteiger charge is -2.16. The van der Waals surface area contributed by atoms with Gasteiger partial charge in [0.1, 0.15) is 5.92 Å². The quantitative estimate of drug-likeness (QED) is 0.484. The molecule has 0 spiro atoms. The number of amides is 1. The second-order valence-electron chi connectivity index (χ2n) is 8.12. The zero-order valence-corrected chi connectivity index (χ0v) is 19.8. The average Bonchev–Trinajstić information content (AvgIpc) is 3.12. The molecule has 0 aliphatic carbocycles. The topological polar surface area (TPSA) is 63.2 Å². The number of nitrogens with zero attached hydrogens (tertiary/aromatic N) is 2. The number of carbonyl (C=O) groups excluding carboxylic acids is 1. The van der Waals surface area contributed by atoms with Crippen molar-refractivity contribution >= 4 is 34.6 Å². The molecule has 6 nitrogen and oxygen atoms in total. The van der Waals surface area contributed by atoms with E-state index in [4.69, 9.17) is 26.1 Å². The Kier molecular flexibility index (Phi) is 6.67. The normalized spacial score (nSPS) is 15.4.